The van der Waals surface area contributed by atoms with Gasteiger partial charge in [-0.1, -0.05) is 72.3 Å². The second-order valence-corrected chi connectivity index (χ2v) is 8.94. The molecule has 0 aromatic heterocycles. The van der Waals surface area contributed by atoms with Crippen molar-refractivity contribution in [3.63, 3.8) is 0 Å². The van der Waals surface area contributed by atoms with Gasteiger partial charge in [-0.15, -0.1) is 0 Å². The number of carbonyl (C=O) groups excluding carboxylic acids is 1. The molecule has 0 saturated carbocycles. The molecular formula is C27H27ClN2O2. The van der Waals surface area contributed by atoms with Crippen molar-refractivity contribution in [2.45, 2.75) is 31.4 Å². The summed E-state index contributed by atoms with van der Waals surface area (Å²) in [5.41, 5.74) is 2.97. The molecule has 3 aromatic carbocycles. The number of benzene rings is 3. The van der Waals surface area contributed by atoms with Crippen LogP contribution in [-0.2, 0) is 9.63 Å². The van der Waals surface area contributed by atoms with Crippen LogP contribution in [-0.4, -0.2) is 23.9 Å². The second kappa shape index (κ2) is 9.35. The number of rotatable bonds is 4. The Balaban J connectivity index is 1.62. The summed E-state index contributed by atoms with van der Waals surface area (Å²) in [5, 5.41) is 2.60. The van der Waals surface area contributed by atoms with Crippen molar-refractivity contribution < 1.29 is 9.63 Å². The lowest BCUT2D eigenvalue weighted by atomic mass is 9.84. The van der Waals surface area contributed by atoms with Gasteiger partial charge in [0.25, 0.3) is 0 Å². The van der Waals surface area contributed by atoms with E-state index in [0.717, 1.165) is 42.7 Å². The fourth-order valence-electron chi connectivity index (χ4n) is 4.86. The number of likely N-dealkylation sites (tertiary alicyclic amines) is 1. The number of hydroxylamine groups is 1. The molecule has 3 aromatic rings. The first-order valence-corrected chi connectivity index (χ1v) is 11.7. The minimum atomic E-state index is -0.369. The minimum absolute atomic E-state index is 0.164. The number of para-hydroxylation sites is 1. The molecule has 4 nitrogen and oxygen atoms in total. The molecule has 1 amide bonds. The van der Waals surface area contributed by atoms with Crippen LogP contribution >= 0.6 is 11.6 Å². The van der Waals surface area contributed by atoms with Crippen LogP contribution in [0.3, 0.4) is 0 Å². The molecule has 0 N–H and O–H groups in total. The molecule has 5 rings (SSSR count). The first-order valence-electron chi connectivity index (χ1n) is 11.3. The van der Waals surface area contributed by atoms with Gasteiger partial charge in [0.2, 0.25) is 5.91 Å². The van der Waals surface area contributed by atoms with E-state index >= 15 is 0 Å². The first kappa shape index (κ1) is 21.0. The first-order chi connectivity index (χ1) is 15.7. The Morgan fingerprint density at radius 2 is 1.41 bits per heavy atom. The van der Waals surface area contributed by atoms with Gasteiger partial charge < -0.3 is 4.90 Å². The predicted octanol–water partition coefficient (Wildman–Crippen LogP) is 6.20. The fourth-order valence-corrected chi connectivity index (χ4v) is 4.99. The van der Waals surface area contributed by atoms with Crippen molar-refractivity contribution in [2.24, 2.45) is 5.92 Å². The van der Waals surface area contributed by atoms with E-state index in [1.807, 2.05) is 82.8 Å². The standard InChI is InChI=1S/C27H27ClN2O2/c28-22-16-14-20(15-17-22)25-24(27(31)29-18-8-3-9-19-29)26(21-10-4-1-5-11-21)32-30(25)23-12-6-2-7-13-23/h1-2,4-7,10-17,24-26H,3,8-9,18-19H2. The third kappa shape index (κ3) is 4.13. The molecule has 0 spiro atoms. The van der Waals surface area contributed by atoms with E-state index in [1.165, 1.54) is 6.42 Å². The molecule has 0 aliphatic carbocycles. The van der Waals surface area contributed by atoms with Gasteiger partial charge in [-0.2, -0.15) is 0 Å². The summed E-state index contributed by atoms with van der Waals surface area (Å²) in [6.07, 6.45) is 2.93. The van der Waals surface area contributed by atoms with Gasteiger partial charge in [-0.25, -0.2) is 5.06 Å². The second-order valence-electron chi connectivity index (χ2n) is 8.51. The highest BCUT2D eigenvalue weighted by Crippen LogP contribution is 2.49. The highest BCUT2D eigenvalue weighted by Gasteiger charge is 2.50. The summed E-state index contributed by atoms with van der Waals surface area (Å²) < 4.78 is 0. The number of hydrogen-bond donors (Lipinski definition) is 0. The summed E-state index contributed by atoms with van der Waals surface area (Å²) in [7, 11) is 0. The molecule has 0 bridgehead atoms. The van der Waals surface area contributed by atoms with E-state index in [1.54, 1.807) is 0 Å². The normalized spacial score (nSPS) is 23.3. The maximum Gasteiger partial charge on any atom is 0.231 e. The zero-order valence-electron chi connectivity index (χ0n) is 17.9. The maximum atomic E-state index is 14.0. The molecule has 2 aliphatic heterocycles. The lowest BCUT2D eigenvalue weighted by Gasteiger charge is -2.33. The van der Waals surface area contributed by atoms with Crippen LogP contribution in [0.25, 0.3) is 0 Å². The summed E-state index contributed by atoms with van der Waals surface area (Å²) in [5.74, 6) is -0.200. The highest BCUT2D eigenvalue weighted by molar-refractivity contribution is 6.30. The number of nitrogens with zero attached hydrogens (tertiary/aromatic N) is 2. The fraction of sp³-hybridized carbons (Fsp3) is 0.296. The lowest BCUT2D eigenvalue weighted by molar-refractivity contribution is -0.138. The Morgan fingerprint density at radius 3 is 2.06 bits per heavy atom. The number of halogens is 1. The maximum absolute atomic E-state index is 14.0. The monoisotopic (exact) mass is 446 g/mol. The summed E-state index contributed by atoms with van der Waals surface area (Å²) >= 11 is 6.20. The van der Waals surface area contributed by atoms with Crippen LogP contribution in [0, 0.1) is 5.92 Å². The van der Waals surface area contributed by atoms with Gasteiger partial charge in [0, 0.05) is 18.1 Å². The SMILES string of the molecule is O=C(C1C(c2ccccc2)ON(c2ccccc2)C1c1ccc(Cl)cc1)N1CCCCC1. The Kier molecular flexibility index (Phi) is 6.15. The van der Waals surface area contributed by atoms with Crippen LogP contribution in [0.5, 0.6) is 0 Å². The number of carbonyl (C=O) groups is 1. The van der Waals surface area contributed by atoms with Crippen LogP contribution < -0.4 is 5.06 Å². The van der Waals surface area contributed by atoms with Crippen LogP contribution in [0.1, 0.15) is 42.5 Å². The third-order valence-corrected chi connectivity index (χ3v) is 6.70. The Hall–Kier alpha value is -2.82. The summed E-state index contributed by atoms with van der Waals surface area (Å²) in [4.78, 5) is 22.6. The Labute approximate surface area is 194 Å². The molecular weight excluding hydrogens is 420 g/mol. The number of hydrogen-bond acceptors (Lipinski definition) is 3. The smallest absolute Gasteiger partial charge is 0.231 e. The van der Waals surface area contributed by atoms with Crippen molar-refractivity contribution in [1.29, 1.82) is 0 Å². The number of anilines is 1. The van der Waals surface area contributed by atoms with Crippen molar-refractivity contribution in [1.82, 2.24) is 4.90 Å². The average Bonchev–Trinajstić information content (AvgIpc) is 3.26. The Bertz CT molecular complexity index is 1040. The van der Waals surface area contributed by atoms with Crippen molar-refractivity contribution in [3.8, 4) is 0 Å². The average molecular weight is 447 g/mol. The molecule has 2 saturated heterocycles. The van der Waals surface area contributed by atoms with Crippen LogP contribution in [0.2, 0.25) is 5.02 Å². The van der Waals surface area contributed by atoms with Crippen molar-refractivity contribution in [3.05, 3.63) is 101 Å². The van der Waals surface area contributed by atoms with Gasteiger partial charge in [0.15, 0.2) is 0 Å². The van der Waals surface area contributed by atoms with Crippen molar-refractivity contribution in [2.75, 3.05) is 18.2 Å². The van der Waals surface area contributed by atoms with Crippen LogP contribution in [0.4, 0.5) is 5.69 Å². The van der Waals surface area contributed by atoms with Gasteiger partial charge in [0.05, 0.1) is 17.6 Å². The zero-order valence-corrected chi connectivity index (χ0v) is 18.7. The van der Waals surface area contributed by atoms with E-state index < -0.39 is 0 Å². The van der Waals surface area contributed by atoms with Gasteiger partial charge in [0.1, 0.15) is 6.10 Å². The zero-order chi connectivity index (χ0) is 21.9. The quantitative estimate of drug-likeness (QED) is 0.478. The van der Waals surface area contributed by atoms with Crippen LogP contribution in [0.15, 0.2) is 84.9 Å². The summed E-state index contributed by atoms with van der Waals surface area (Å²) in [6, 6.07) is 27.7. The van der Waals surface area contributed by atoms with E-state index in [-0.39, 0.29) is 24.0 Å². The van der Waals surface area contributed by atoms with Gasteiger partial charge in [-0.3, -0.25) is 9.63 Å². The molecule has 164 valence electrons. The highest BCUT2D eigenvalue weighted by atomic mass is 35.5. The Morgan fingerprint density at radius 1 is 0.781 bits per heavy atom. The summed E-state index contributed by atoms with van der Waals surface area (Å²) in [6.45, 7) is 1.63. The third-order valence-electron chi connectivity index (χ3n) is 6.45. The molecule has 2 aliphatic rings. The van der Waals surface area contributed by atoms with E-state index in [4.69, 9.17) is 16.4 Å². The molecule has 3 atom stereocenters. The number of amides is 1. The molecule has 2 heterocycles. The van der Waals surface area contributed by atoms with E-state index in [2.05, 4.69) is 12.1 Å². The number of piperidine rings is 1. The van der Waals surface area contributed by atoms with E-state index in [0.29, 0.717) is 5.02 Å². The molecule has 32 heavy (non-hydrogen) atoms. The van der Waals surface area contributed by atoms with Gasteiger partial charge in [-0.05, 0) is 54.7 Å². The predicted molar refractivity (Wildman–Crippen MR) is 127 cm³/mol. The molecule has 2 fully saturated rings. The van der Waals surface area contributed by atoms with Crippen molar-refractivity contribution >= 4 is 23.2 Å². The van der Waals surface area contributed by atoms with Gasteiger partial charge >= 0.3 is 0 Å². The lowest BCUT2D eigenvalue weighted by Crippen LogP contribution is -2.42. The molecule has 3 unspecified atom stereocenters. The topological polar surface area (TPSA) is 32.8 Å². The van der Waals surface area contributed by atoms with E-state index in [9.17, 15) is 4.79 Å². The largest absolute Gasteiger partial charge is 0.342 e. The molecule has 0 radical (unpaired) electrons. The molecule has 5 heteroatoms. The minimum Gasteiger partial charge on any atom is -0.342 e.